The third-order valence-electron chi connectivity index (χ3n) is 7.62. The van der Waals surface area contributed by atoms with Crippen LogP contribution in [0.25, 0.3) is 0 Å². The monoisotopic (exact) mass is 522 g/mol. The number of ether oxygens (including phenoxy) is 2. The Bertz CT molecular complexity index is 1140. The van der Waals surface area contributed by atoms with Crippen LogP contribution in [0, 0.1) is 5.92 Å². The lowest BCUT2D eigenvalue weighted by Crippen LogP contribution is -2.52. The van der Waals surface area contributed by atoms with Crippen molar-refractivity contribution in [3.8, 4) is 5.75 Å². The fraction of sp³-hybridized carbons (Fsp3) is 0.500. The Labute approximate surface area is 222 Å². The van der Waals surface area contributed by atoms with Crippen LogP contribution in [0.4, 0.5) is 0 Å². The van der Waals surface area contributed by atoms with Gasteiger partial charge in [-0.3, -0.25) is 29.4 Å². The van der Waals surface area contributed by atoms with Gasteiger partial charge in [0.25, 0.3) is 5.91 Å². The van der Waals surface area contributed by atoms with Crippen molar-refractivity contribution in [1.82, 2.24) is 20.0 Å². The lowest BCUT2D eigenvalue weighted by Gasteiger charge is -2.30. The normalized spacial score (nSPS) is 23.6. The first-order valence-electron chi connectivity index (χ1n) is 13.3. The van der Waals surface area contributed by atoms with Crippen molar-refractivity contribution in [2.45, 2.75) is 31.8 Å². The van der Waals surface area contributed by atoms with Crippen molar-refractivity contribution >= 4 is 24.1 Å². The summed E-state index contributed by atoms with van der Waals surface area (Å²) >= 11 is 0. The van der Waals surface area contributed by atoms with E-state index in [-0.39, 0.29) is 30.7 Å². The Morgan fingerprint density at radius 3 is 2.76 bits per heavy atom. The van der Waals surface area contributed by atoms with Gasteiger partial charge in [-0.1, -0.05) is 24.3 Å². The Balaban J connectivity index is 1.12. The number of imide groups is 1. The van der Waals surface area contributed by atoms with Crippen molar-refractivity contribution in [3.63, 3.8) is 0 Å². The summed E-state index contributed by atoms with van der Waals surface area (Å²) in [6.45, 7) is 6.22. The Hall–Kier alpha value is -3.50. The quantitative estimate of drug-likeness (QED) is 0.362. The smallest absolute Gasteiger partial charge is 0.255 e. The fourth-order valence-corrected chi connectivity index (χ4v) is 5.39. The molecule has 3 aliphatic heterocycles. The summed E-state index contributed by atoms with van der Waals surface area (Å²) in [6, 6.07) is 4.72. The van der Waals surface area contributed by atoms with E-state index in [1.54, 1.807) is 12.1 Å². The maximum Gasteiger partial charge on any atom is 0.255 e. The van der Waals surface area contributed by atoms with Crippen molar-refractivity contribution in [2.75, 3.05) is 52.5 Å². The largest absolute Gasteiger partial charge is 0.489 e. The summed E-state index contributed by atoms with van der Waals surface area (Å²) in [4.78, 5) is 54.2. The molecule has 0 saturated carbocycles. The standard InChI is InChI=1S/C28H34N4O6/c33-19-31(11-10-30-12-14-37-15-13-30)16-20-4-6-21(7-5-20)18-38-25-3-1-2-22-23(25)17-32(28(22)36)24-8-9-26(34)29-27(24)35/h1-4,6-7,19-20,24H,5,8-18H2,(H,29,34,35). The summed E-state index contributed by atoms with van der Waals surface area (Å²) in [6.07, 6.45) is 8.63. The molecule has 2 unspecified atom stereocenters. The van der Waals surface area contributed by atoms with Crippen LogP contribution in [0.5, 0.6) is 5.75 Å². The molecule has 4 amide bonds. The number of benzene rings is 1. The van der Waals surface area contributed by atoms with Gasteiger partial charge in [0.15, 0.2) is 0 Å². The predicted molar refractivity (Wildman–Crippen MR) is 138 cm³/mol. The molecule has 10 nitrogen and oxygen atoms in total. The highest BCUT2D eigenvalue weighted by molar-refractivity contribution is 6.05. The van der Waals surface area contributed by atoms with Crippen LogP contribution in [-0.4, -0.2) is 97.4 Å². The molecule has 2 atom stereocenters. The number of fused-ring (bicyclic) bond motifs is 1. The molecule has 0 spiro atoms. The highest BCUT2D eigenvalue weighted by Crippen LogP contribution is 2.34. The van der Waals surface area contributed by atoms with Crippen LogP contribution in [0.2, 0.25) is 0 Å². The first-order chi connectivity index (χ1) is 18.5. The lowest BCUT2D eigenvalue weighted by molar-refractivity contribution is -0.137. The molecule has 1 aromatic rings. The van der Waals surface area contributed by atoms with Crippen LogP contribution in [0.1, 0.15) is 35.2 Å². The summed E-state index contributed by atoms with van der Waals surface area (Å²) < 4.78 is 11.5. The molecule has 3 heterocycles. The molecule has 5 rings (SSSR count). The summed E-state index contributed by atoms with van der Waals surface area (Å²) in [5, 5.41) is 2.33. The molecule has 1 N–H and O–H groups in total. The molecule has 38 heavy (non-hydrogen) atoms. The summed E-state index contributed by atoms with van der Waals surface area (Å²) in [7, 11) is 0. The van der Waals surface area contributed by atoms with Gasteiger partial charge >= 0.3 is 0 Å². The van der Waals surface area contributed by atoms with E-state index >= 15 is 0 Å². The topological polar surface area (TPSA) is 108 Å². The number of hydrogen-bond acceptors (Lipinski definition) is 7. The van der Waals surface area contributed by atoms with Crippen LogP contribution >= 0.6 is 0 Å². The van der Waals surface area contributed by atoms with Crippen LogP contribution in [0.3, 0.4) is 0 Å². The van der Waals surface area contributed by atoms with Gasteiger partial charge in [-0.05, 0) is 36.5 Å². The maximum atomic E-state index is 13.0. The third-order valence-corrected chi connectivity index (χ3v) is 7.62. The zero-order chi connectivity index (χ0) is 26.5. The van der Waals surface area contributed by atoms with E-state index in [0.717, 1.165) is 56.8 Å². The van der Waals surface area contributed by atoms with Gasteiger partial charge in [0.1, 0.15) is 18.4 Å². The molecular weight excluding hydrogens is 488 g/mol. The van der Waals surface area contributed by atoms with Crippen LogP contribution in [-0.2, 0) is 25.7 Å². The number of allylic oxidation sites excluding steroid dienone is 1. The molecule has 0 radical (unpaired) electrons. The Kier molecular flexibility index (Phi) is 8.19. The zero-order valence-electron chi connectivity index (χ0n) is 21.5. The molecule has 0 bridgehead atoms. The average Bonchev–Trinajstić information content (AvgIpc) is 3.27. The number of carbonyl (C=O) groups excluding carboxylic acids is 4. The van der Waals surface area contributed by atoms with E-state index in [0.29, 0.717) is 37.4 Å². The predicted octanol–water partition coefficient (Wildman–Crippen LogP) is 1.12. The number of amides is 4. The number of carbonyl (C=O) groups is 4. The second kappa shape index (κ2) is 11.9. The molecule has 202 valence electrons. The van der Waals surface area contributed by atoms with Gasteiger partial charge in [-0.25, -0.2) is 0 Å². The van der Waals surface area contributed by atoms with Crippen molar-refractivity contribution in [2.24, 2.45) is 5.92 Å². The minimum absolute atomic E-state index is 0.215. The highest BCUT2D eigenvalue weighted by atomic mass is 16.5. The van der Waals surface area contributed by atoms with Gasteiger partial charge < -0.3 is 19.3 Å². The summed E-state index contributed by atoms with van der Waals surface area (Å²) in [5.74, 6) is -0.0620. The molecule has 2 fully saturated rings. The number of rotatable bonds is 10. The van der Waals surface area contributed by atoms with Crippen molar-refractivity contribution in [3.05, 3.63) is 53.1 Å². The minimum atomic E-state index is -0.652. The van der Waals surface area contributed by atoms with E-state index in [1.807, 2.05) is 17.0 Å². The second-order valence-corrected chi connectivity index (χ2v) is 10.2. The van der Waals surface area contributed by atoms with Crippen molar-refractivity contribution in [1.29, 1.82) is 0 Å². The third kappa shape index (κ3) is 5.97. The highest BCUT2D eigenvalue weighted by Gasteiger charge is 2.40. The number of morpholine rings is 1. The lowest BCUT2D eigenvalue weighted by atomic mass is 9.96. The first-order valence-corrected chi connectivity index (χ1v) is 13.3. The van der Waals surface area contributed by atoms with Gasteiger partial charge in [0.2, 0.25) is 18.2 Å². The number of nitrogens with zero attached hydrogens (tertiary/aromatic N) is 3. The van der Waals surface area contributed by atoms with E-state index in [2.05, 4.69) is 22.4 Å². The van der Waals surface area contributed by atoms with Gasteiger partial charge in [0.05, 0.1) is 19.8 Å². The Morgan fingerprint density at radius 2 is 2.03 bits per heavy atom. The molecule has 1 aliphatic carbocycles. The van der Waals surface area contributed by atoms with E-state index in [9.17, 15) is 19.2 Å². The molecule has 1 aromatic carbocycles. The van der Waals surface area contributed by atoms with E-state index in [1.165, 1.54) is 4.90 Å². The first kappa shape index (κ1) is 26.1. The fourth-order valence-electron chi connectivity index (χ4n) is 5.39. The van der Waals surface area contributed by atoms with Crippen molar-refractivity contribution < 1.29 is 28.7 Å². The van der Waals surface area contributed by atoms with Crippen LogP contribution < -0.4 is 10.1 Å². The minimum Gasteiger partial charge on any atom is -0.489 e. The van der Waals surface area contributed by atoms with Gasteiger partial charge in [0, 0.05) is 50.3 Å². The number of nitrogens with one attached hydrogen (secondary N) is 1. The maximum absolute atomic E-state index is 13.0. The number of piperidine rings is 1. The van der Waals surface area contributed by atoms with E-state index in [4.69, 9.17) is 9.47 Å². The van der Waals surface area contributed by atoms with E-state index < -0.39 is 11.9 Å². The molecule has 2 saturated heterocycles. The van der Waals surface area contributed by atoms with Gasteiger partial charge in [-0.2, -0.15) is 0 Å². The molecular formula is C28H34N4O6. The van der Waals surface area contributed by atoms with Gasteiger partial charge in [-0.15, -0.1) is 0 Å². The number of hydrogen-bond donors (Lipinski definition) is 1. The molecule has 10 heteroatoms. The Morgan fingerprint density at radius 1 is 1.18 bits per heavy atom. The zero-order valence-corrected chi connectivity index (χ0v) is 21.5. The SMILES string of the molecule is O=CN(CCN1CCOCC1)CC1C=CC(COc2cccc3c2CN(C2CCC(=O)NC2=O)C3=O)=CC1. The second-order valence-electron chi connectivity index (χ2n) is 10.2. The summed E-state index contributed by atoms with van der Waals surface area (Å²) in [5.41, 5.74) is 2.34. The molecule has 0 aromatic heterocycles. The average molecular weight is 523 g/mol. The van der Waals surface area contributed by atoms with Crippen LogP contribution in [0.15, 0.2) is 42.0 Å². The molecule has 4 aliphatic rings.